The summed E-state index contributed by atoms with van der Waals surface area (Å²) in [5, 5.41) is 1.17. The molecule has 2 nitrogen and oxygen atoms in total. The van der Waals surface area contributed by atoms with Gasteiger partial charge in [-0.25, -0.2) is 4.98 Å². The molecular weight excluding hydrogens is 244 g/mol. The van der Waals surface area contributed by atoms with E-state index >= 15 is 0 Å². The van der Waals surface area contributed by atoms with Crippen LogP contribution in [0.1, 0.15) is 17.7 Å². The van der Waals surface area contributed by atoms with E-state index < -0.39 is 0 Å². The summed E-state index contributed by atoms with van der Waals surface area (Å²) in [4.78, 5) is 9.52. The molecule has 0 radical (unpaired) electrons. The van der Waals surface area contributed by atoms with Crippen LogP contribution in [-0.2, 0) is 6.42 Å². The van der Waals surface area contributed by atoms with Crippen molar-refractivity contribution in [3.63, 3.8) is 0 Å². The number of hydrogen-bond acceptors (Lipinski definition) is 2. The minimum Gasteiger partial charge on any atom is -0.251 e. The molecule has 3 aromatic rings. The fourth-order valence-corrected chi connectivity index (χ4v) is 2.70. The summed E-state index contributed by atoms with van der Waals surface area (Å²) in [6.45, 7) is 0. The normalized spacial score (nSPS) is 13.9. The van der Waals surface area contributed by atoms with E-state index in [4.69, 9.17) is 9.98 Å². The van der Waals surface area contributed by atoms with Gasteiger partial charge in [0, 0.05) is 5.39 Å². The molecule has 0 bridgehead atoms. The number of aryl methyl sites for hydroxylation is 1. The number of nitrogens with zero attached hydrogens (tertiary/aromatic N) is 2. The van der Waals surface area contributed by atoms with E-state index in [-0.39, 0.29) is 0 Å². The highest BCUT2D eigenvalue weighted by atomic mass is 14.8. The quantitative estimate of drug-likeness (QED) is 0.638. The van der Waals surface area contributed by atoms with Crippen LogP contribution in [0.25, 0.3) is 10.9 Å². The van der Waals surface area contributed by atoms with Crippen molar-refractivity contribution in [3.05, 3.63) is 71.9 Å². The zero-order valence-electron chi connectivity index (χ0n) is 11.1. The summed E-state index contributed by atoms with van der Waals surface area (Å²) in [5.41, 5.74) is 5.54. The summed E-state index contributed by atoms with van der Waals surface area (Å²) in [7, 11) is 0. The van der Waals surface area contributed by atoms with Gasteiger partial charge in [-0.1, -0.05) is 42.5 Å². The van der Waals surface area contributed by atoms with Crippen molar-refractivity contribution in [2.24, 2.45) is 4.99 Å². The Kier molecular flexibility index (Phi) is 2.59. The Balaban J connectivity index is 1.82. The molecule has 0 saturated heterocycles. The van der Waals surface area contributed by atoms with Gasteiger partial charge in [-0.05, 0) is 36.6 Å². The molecule has 2 aromatic carbocycles. The molecule has 0 amide bonds. The lowest BCUT2D eigenvalue weighted by Crippen LogP contribution is -2.09. The minimum absolute atomic E-state index is 0.961. The first-order chi connectivity index (χ1) is 9.90. The van der Waals surface area contributed by atoms with Crippen molar-refractivity contribution in [2.45, 2.75) is 12.8 Å². The molecule has 0 aliphatic carbocycles. The minimum atomic E-state index is 0.961. The largest absolute Gasteiger partial charge is 0.251 e. The third-order valence-electron chi connectivity index (χ3n) is 3.77. The molecule has 1 aliphatic heterocycles. The van der Waals surface area contributed by atoms with Gasteiger partial charge in [-0.2, -0.15) is 0 Å². The lowest BCUT2D eigenvalue weighted by atomic mass is 9.99. The maximum absolute atomic E-state index is 4.78. The molecule has 96 valence electrons. The monoisotopic (exact) mass is 258 g/mol. The number of hydrogen-bond donors (Lipinski definition) is 0. The van der Waals surface area contributed by atoms with Gasteiger partial charge in [-0.3, -0.25) is 4.99 Å². The van der Waals surface area contributed by atoms with Crippen LogP contribution in [0, 0.1) is 0 Å². The summed E-state index contributed by atoms with van der Waals surface area (Å²) < 4.78 is 0. The van der Waals surface area contributed by atoms with E-state index in [1.165, 1.54) is 10.9 Å². The second-order valence-electron chi connectivity index (χ2n) is 5.08. The van der Waals surface area contributed by atoms with Crippen LogP contribution in [0.2, 0.25) is 0 Å². The molecule has 1 aromatic heterocycles. The van der Waals surface area contributed by atoms with Crippen molar-refractivity contribution < 1.29 is 0 Å². The van der Waals surface area contributed by atoms with Crippen LogP contribution in [0.3, 0.4) is 0 Å². The van der Waals surface area contributed by atoms with E-state index in [1.54, 1.807) is 0 Å². The smallest absolute Gasteiger partial charge is 0.0852 e. The number of rotatable bonds is 1. The molecule has 4 rings (SSSR count). The van der Waals surface area contributed by atoms with Crippen molar-refractivity contribution >= 4 is 22.3 Å². The first-order valence-electron chi connectivity index (χ1n) is 6.92. The van der Waals surface area contributed by atoms with Gasteiger partial charge in [0.1, 0.15) is 0 Å². The average molecular weight is 258 g/mol. The number of fused-ring (bicyclic) bond motifs is 2. The average Bonchev–Trinajstić information content (AvgIpc) is 2.54. The predicted octanol–water partition coefficient (Wildman–Crippen LogP) is 4.30. The molecule has 2 heteroatoms. The summed E-state index contributed by atoms with van der Waals surface area (Å²) in [5.74, 6) is 0. The third-order valence-corrected chi connectivity index (χ3v) is 3.77. The van der Waals surface area contributed by atoms with Crippen molar-refractivity contribution in [1.82, 2.24) is 4.98 Å². The zero-order valence-corrected chi connectivity index (χ0v) is 11.1. The Bertz CT molecular complexity index is 818. The maximum atomic E-state index is 4.78. The zero-order chi connectivity index (χ0) is 13.4. The second kappa shape index (κ2) is 4.57. The highest BCUT2D eigenvalue weighted by molar-refractivity contribution is 6.03. The maximum Gasteiger partial charge on any atom is 0.0852 e. The van der Waals surface area contributed by atoms with Crippen LogP contribution in [0.15, 0.2) is 65.7 Å². The van der Waals surface area contributed by atoms with Crippen molar-refractivity contribution in [1.29, 1.82) is 0 Å². The highest BCUT2D eigenvalue weighted by Crippen LogP contribution is 2.27. The summed E-state index contributed by atoms with van der Waals surface area (Å²) in [6, 6.07) is 20.8. The van der Waals surface area contributed by atoms with E-state index in [2.05, 4.69) is 42.5 Å². The fourth-order valence-electron chi connectivity index (χ4n) is 2.70. The lowest BCUT2D eigenvalue weighted by molar-refractivity contribution is 1.00. The van der Waals surface area contributed by atoms with Crippen LogP contribution in [-0.4, -0.2) is 10.7 Å². The molecule has 0 unspecified atom stereocenters. The Morgan fingerprint density at radius 2 is 1.60 bits per heavy atom. The molecule has 0 fully saturated rings. The van der Waals surface area contributed by atoms with E-state index in [9.17, 15) is 0 Å². The molecular formula is C18H14N2. The lowest BCUT2D eigenvalue weighted by Gasteiger charge is -2.15. The van der Waals surface area contributed by atoms with Gasteiger partial charge in [0.05, 0.1) is 22.6 Å². The second-order valence-corrected chi connectivity index (χ2v) is 5.08. The van der Waals surface area contributed by atoms with Crippen LogP contribution in [0.4, 0.5) is 5.69 Å². The highest BCUT2D eigenvalue weighted by Gasteiger charge is 2.14. The van der Waals surface area contributed by atoms with Gasteiger partial charge in [0.15, 0.2) is 0 Å². The molecule has 0 N–H and O–H groups in total. The standard InChI is InChI=1S/C18H14N2/c1-3-7-15-13(5-1)9-11-17(19-15)18-12-10-14-6-2-4-8-16(14)20-18/h1-9,11H,10,12H2. The van der Waals surface area contributed by atoms with Gasteiger partial charge in [0.25, 0.3) is 0 Å². The van der Waals surface area contributed by atoms with Gasteiger partial charge >= 0.3 is 0 Å². The van der Waals surface area contributed by atoms with E-state index in [0.717, 1.165) is 35.5 Å². The van der Waals surface area contributed by atoms with Crippen molar-refractivity contribution in [2.75, 3.05) is 0 Å². The Labute approximate surface area is 117 Å². The van der Waals surface area contributed by atoms with Crippen molar-refractivity contribution in [3.8, 4) is 0 Å². The molecule has 0 saturated carbocycles. The van der Waals surface area contributed by atoms with Crippen LogP contribution < -0.4 is 0 Å². The Hall–Kier alpha value is -2.48. The predicted molar refractivity (Wildman–Crippen MR) is 82.7 cm³/mol. The van der Waals surface area contributed by atoms with Crippen LogP contribution >= 0.6 is 0 Å². The van der Waals surface area contributed by atoms with Gasteiger partial charge in [0.2, 0.25) is 0 Å². The Morgan fingerprint density at radius 3 is 2.60 bits per heavy atom. The van der Waals surface area contributed by atoms with Gasteiger partial charge < -0.3 is 0 Å². The van der Waals surface area contributed by atoms with E-state index in [0.29, 0.717) is 0 Å². The topological polar surface area (TPSA) is 25.2 Å². The SMILES string of the molecule is c1ccc2c(c1)CCC(c1ccc3ccccc3n1)=N2. The number of aromatic nitrogens is 1. The number of aliphatic imine (C=N–C) groups is 1. The van der Waals surface area contributed by atoms with Gasteiger partial charge in [-0.15, -0.1) is 0 Å². The van der Waals surface area contributed by atoms with E-state index in [1.807, 2.05) is 18.2 Å². The third kappa shape index (κ3) is 1.90. The van der Waals surface area contributed by atoms with Crippen LogP contribution in [0.5, 0.6) is 0 Å². The number of pyridine rings is 1. The molecule has 0 spiro atoms. The number of benzene rings is 2. The first-order valence-corrected chi connectivity index (χ1v) is 6.92. The molecule has 0 atom stereocenters. The fraction of sp³-hybridized carbons (Fsp3) is 0.111. The Morgan fingerprint density at radius 1 is 0.750 bits per heavy atom. The molecule has 2 heterocycles. The molecule has 20 heavy (non-hydrogen) atoms. The summed E-state index contributed by atoms with van der Waals surface area (Å²) >= 11 is 0. The summed E-state index contributed by atoms with van der Waals surface area (Å²) in [6.07, 6.45) is 2.01. The molecule has 1 aliphatic rings. The number of para-hydroxylation sites is 2. The first kappa shape index (κ1) is 11.4.